The number of hydrogen-bond donors (Lipinski definition) is 0. The number of rotatable bonds is 8. The fourth-order valence-electron chi connectivity index (χ4n) is 10.7. The van der Waals surface area contributed by atoms with Crippen LogP contribution in [0.1, 0.15) is 25.0 Å². The van der Waals surface area contributed by atoms with E-state index in [1.807, 2.05) is 0 Å². The van der Waals surface area contributed by atoms with E-state index in [1.54, 1.807) is 0 Å². The molecule has 0 aliphatic heterocycles. The van der Waals surface area contributed by atoms with Gasteiger partial charge in [-0.2, -0.15) is 0 Å². The van der Waals surface area contributed by atoms with Crippen LogP contribution in [0.3, 0.4) is 0 Å². The van der Waals surface area contributed by atoms with E-state index in [2.05, 4.69) is 266 Å². The summed E-state index contributed by atoms with van der Waals surface area (Å²) in [7, 11) is 0. The van der Waals surface area contributed by atoms with Gasteiger partial charge in [0.1, 0.15) is 0 Å². The fraction of sp³-hybridized carbons (Fsp3) is 0.0476. The smallest absolute Gasteiger partial charge is 0.0541 e. The molecule has 0 spiro atoms. The van der Waals surface area contributed by atoms with E-state index in [4.69, 9.17) is 0 Å². The monoisotopic (exact) mass is 830 g/mol. The Kier molecular flexibility index (Phi) is 9.21. The average molecular weight is 831 g/mol. The van der Waals surface area contributed by atoms with Gasteiger partial charge in [-0.1, -0.05) is 208 Å². The number of nitrogens with zero attached hydrogens (tertiary/aromatic N) is 2. The Bertz CT molecular complexity index is 3520. The Labute approximate surface area is 381 Å². The first-order valence-electron chi connectivity index (χ1n) is 22.6. The zero-order valence-corrected chi connectivity index (χ0v) is 36.5. The highest BCUT2D eigenvalue weighted by molar-refractivity contribution is 6.09. The zero-order chi connectivity index (χ0) is 43.5. The Morgan fingerprint density at radius 2 is 0.754 bits per heavy atom. The summed E-state index contributed by atoms with van der Waals surface area (Å²) >= 11 is 0. The maximum Gasteiger partial charge on any atom is 0.0541 e. The van der Waals surface area contributed by atoms with Crippen molar-refractivity contribution in [1.29, 1.82) is 0 Å². The summed E-state index contributed by atoms with van der Waals surface area (Å²) in [4.78, 5) is 2.49. The third kappa shape index (κ3) is 6.25. The molecule has 0 unspecified atom stereocenters. The van der Waals surface area contributed by atoms with Crippen molar-refractivity contribution in [2.45, 2.75) is 19.3 Å². The van der Waals surface area contributed by atoms with Gasteiger partial charge in [0, 0.05) is 38.7 Å². The molecule has 12 rings (SSSR count). The molecule has 0 fully saturated rings. The highest BCUT2D eigenvalue weighted by Gasteiger charge is 2.37. The van der Waals surface area contributed by atoms with Crippen LogP contribution in [0, 0.1) is 0 Å². The molecule has 1 heterocycles. The molecular formula is C63H46N2. The Balaban J connectivity index is 1.09. The Hall–Kier alpha value is -8.20. The molecule has 0 amide bonds. The largest absolute Gasteiger partial charge is 0.309 e. The highest BCUT2D eigenvalue weighted by atomic mass is 15.1. The summed E-state index contributed by atoms with van der Waals surface area (Å²) in [6, 6.07) is 88.9. The van der Waals surface area contributed by atoms with Crippen LogP contribution < -0.4 is 4.90 Å². The zero-order valence-electron chi connectivity index (χ0n) is 36.5. The molecular weight excluding hydrogens is 785 g/mol. The summed E-state index contributed by atoms with van der Waals surface area (Å²) in [5.41, 5.74) is 21.6. The molecule has 308 valence electrons. The first-order valence-corrected chi connectivity index (χ1v) is 22.6. The first-order chi connectivity index (χ1) is 32.1. The Morgan fingerprint density at radius 1 is 0.323 bits per heavy atom. The fourth-order valence-corrected chi connectivity index (χ4v) is 10.7. The van der Waals surface area contributed by atoms with Crippen molar-refractivity contribution in [3.63, 3.8) is 0 Å². The molecule has 2 nitrogen and oxygen atoms in total. The quantitative estimate of drug-likeness (QED) is 0.148. The topological polar surface area (TPSA) is 8.17 Å². The van der Waals surface area contributed by atoms with Crippen molar-refractivity contribution in [2.24, 2.45) is 0 Å². The molecule has 1 aliphatic carbocycles. The van der Waals surface area contributed by atoms with Crippen LogP contribution >= 0.6 is 0 Å². The van der Waals surface area contributed by atoms with Crippen molar-refractivity contribution in [3.05, 3.63) is 254 Å². The van der Waals surface area contributed by atoms with Crippen LogP contribution in [0.4, 0.5) is 17.1 Å². The Morgan fingerprint density at radius 3 is 1.38 bits per heavy atom. The normalized spacial score (nSPS) is 12.6. The number of fused-ring (bicyclic) bond motifs is 6. The van der Waals surface area contributed by atoms with Gasteiger partial charge in [0.2, 0.25) is 0 Å². The van der Waals surface area contributed by atoms with Crippen LogP contribution in [0.15, 0.2) is 243 Å². The van der Waals surface area contributed by atoms with E-state index in [-0.39, 0.29) is 5.41 Å². The van der Waals surface area contributed by atoms with E-state index in [0.717, 1.165) is 28.3 Å². The molecule has 10 aromatic carbocycles. The van der Waals surface area contributed by atoms with E-state index in [9.17, 15) is 0 Å². The van der Waals surface area contributed by atoms with Gasteiger partial charge < -0.3 is 9.47 Å². The van der Waals surface area contributed by atoms with Crippen LogP contribution in [0.25, 0.3) is 83.1 Å². The van der Waals surface area contributed by atoms with Crippen LogP contribution in [0.5, 0.6) is 0 Å². The van der Waals surface area contributed by atoms with Gasteiger partial charge in [0.05, 0.1) is 22.4 Å². The molecule has 2 heteroatoms. The van der Waals surface area contributed by atoms with Crippen molar-refractivity contribution in [2.75, 3.05) is 4.90 Å². The summed E-state index contributed by atoms with van der Waals surface area (Å²) in [5.74, 6) is 0. The second-order valence-corrected chi connectivity index (χ2v) is 17.6. The van der Waals surface area contributed by atoms with Crippen LogP contribution in [0.2, 0.25) is 0 Å². The molecule has 0 saturated carbocycles. The predicted molar refractivity (Wildman–Crippen MR) is 275 cm³/mol. The summed E-state index contributed by atoms with van der Waals surface area (Å²) in [6.07, 6.45) is 0. The molecule has 65 heavy (non-hydrogen) atoms. The summed E-state index contributed by atoms with van der Waals surface area (Å²) < 4.78 is 2.40. The lowest BCUT2D eigenvalue weighted by molar-refractivity contribution is 0.660. The molecule has 1 aromatic heterocycles. The van der Waals surface area contributed by atoms with E-state index >= 15 is 0 Å². The second kappa shape index (κ2) is 15.6. The molecule has 0 saturated heterocycles. The van der Waals surface area contributed by atoms with Crippen molar-refractivity contribution in [3.8, 4) is 61.3 Å². The third-order valence-electron chi connectivity index (χ3n) is 13.7. The number of aromatic nitrogens is 1. The van der Waals surface area contributed by atoms with Gasteiger partial charge in [0.25, 0.3) is 0 Å². The first kappa shape index (κ1) is 38.5. The van der Waals surface area contributed by atoms with Crippen LogP contribution in [-0.4, -0.2) is 4.57 Å². The minimum Gasteiger partial charge on any atom is -0.309 e. The molecule has 0 radical (unpaired) electrons. The molecule has 11 aromatic rings. The van der Waals surface area contributed by atoms with E-state index < -0.39 is 0 Å². The third-order valence-corrected chi connectivity index (χ3v) is 13.7. The van der Waals surface area contributed by atoms with Crippen molar-refractivity contribution >= 4 is 38.9 Å². The van der Waals surface area contributed by atoms with E-state index in [0.29, 0.717) is 0 Å². The number of anilines is 3. The van der Waals surface area contributed by atoms with Gasteiger partial charge in [-0.3, -0.25) is 0 Å². The molecule has 0 N–H and O–H groups in total. The number of para-hydroxylation sites is 4. The van der Waals surface area contributed by atoms with Gasteiger partial charge in [-0.25, -0.2) is 0 Å². The SMILES string of the molecule is CC1(C)c2ccccc2-c2c(-c3ccccc3N(c3ccc(-n4c5ccccc5c5ccccc54)cc3)c3ccccc3-c3ccccc3-c3ccccc3-c3ccccc3)cccc21. The van der Waals surface area contributed by atoms with Gasteiger partial charge in [-0.05, 0) is 104 Å². The van der Waals surface area contributed by atoms with Gasteiger partial charge in [0.15, 0.2) is 0 Å². The molecule has 1 aliphatic rings. The number of hydrogen-bond acceptors (Lipinski definition) is 1. The summed E-state index contributed by atoms with van der Waals surface area (Å²) in [5, 5.41) is 2.51. The van der Waals surface area contributed by atoms with E-state index in [1.165, 1.54) is 83.0 Å². The summed E-state index contributed by atoms with van der Waals surface area (Å²) in [6.45, 7) is 4.73. The minimum atomic E-state index is -0.119. The van der Waals surface area contributed by atoms with Crippen molar-refractivity contribution < 1.29 is 0 Å². The molecule has 0 atom stereocenters. The van der Waals surface area contributed by atoms with Crippen molar-refractivity contribution in [1.82, 2.24) is 4.57 Å². The van der Waals surface area contributed by atoms with Gasteiger partial charge >= 0.3 is 0 Å². The van der Waals surface area contributed by atoms with Gasteiger partial charge in [-0.15, -0.1) is 0 Å². The molecule has 0 bridgehead atoms. The minimum absolute atomic E-state index is 0.119. The lowest BCUT2D eigenvalue weighted by atomic mass is 9.82. The average Bonchev–Trinajstić information content (AvgIpc) is 3.83. The lowest BCUT2D eigenvalue weighted by Gasteiger charge is -2.31. The highest BCUT2D eigenvalue weighted by Crippen LogP contribution is 2.54. The second-order valence-electron chi connectivity index (χ2n) is 17.6. The predicted octanol–water partition coefficient (Wildman–Crippen LogP) is 17.2. The number of benzene rings is 10. The maximum atomic E-state index is 2.49. The lowest BCUT2D eigenvalue weighted by Crippen LogP contribution is -2.15. The standard InChI is InChI=1S/C63H46N2/c1-63(2)56-33-15-10-31-55(56)62-54(32-20-34-57(62)63)53-30-14-19-38-61(53)64(44-39-41-45(42-40-44)65-59-36-17-12-28-51(59)52-29-13-18-37-60(52)65)58-35-16-11-27-50(58)49-26-9-8-25-48(49)47-24-7-6-23-46(47)43-21-4-3-5-22-43/h3-42H,1-2H3. The van der Waals surface area contributed by atoms with Crippen LogP contribution in [-0.2, 0) is 5.41 Å². The maximum absolute atomic E-state index is 2.49.